The molecule has 2 aliphatic rings. The second kappa shape index (κ2) is 4.03. The summed E-state index contributed by atoms with van der Waals surface area (Å²) in [5.41, 5.74) is 5.07. The summed E-state index contributed by atoms with van der Waals surface area (Å²) in [4.78, 5) is 22.4. The van der Waals surface area contributed by atoms with Crippen molar-refractivity contribution < 1.29 is 14.9 Å². The van der Waals surface area contributed by atoms with E-state index in [0.29, 0.717) is 18.7 Å². The molecule has 2 bridgehead atoms. The van der Waals surface area contributed by atoms with Gasteiger partial charge >= 0.3 is 0 Å². The first-order valence-corrected chi connectivity index (χ1v) is 6.68. The molecule has 0 aromatic carbocycles. The van der Waals surface area contributed by atoms with Gasteiger partial charge < -0.3 is 25.3 Å². The molecule has 9 nitrogen and oxygen atoms in total. The second-order valence-electron chi connectivity index (χ2n) is 5.79. The van der Waals surface area contributed by atoms with E-state index in [1.807, 2.05) is 0 Å². The number of nitrogen functional groups attached to an aromatic ring is 1. The van der Waals surface area contributed by atoms with E-state index in [2.05, 4.69) is 15.0 Å². The number of H-pyrrole nitrogens is 1. The van der Waals surface area contributed by atoms with E-state index >= 15 is 0 Å². The first-order chi connectivity index (χ1) is 10.1. The summed E-state index contributed by atoms with van der Waals surface area (Å²) in [6.45, 7) is 0.179. The van der Waals surface area contributed by atoms with Gasteiger partial charge in [0.05, 0.1) is 31.7 Å². The van der Waals surface area contributed by atoms with Gasteiger partial charge in [0, 0.05) is 5.41 Å². The molecule has 2 fully saturated rings. The number of hydrogen-bond acceptors (Lipinski definition) is 7. The molecule has 0 spiro atoms. The third kappa shape index (κ3) is 1.53. The smallest absolute Gasteiger partial charge is 0.280 e. The zero-order valence-electron chi connectivity index (χ0n) is 11.1. The number of fused-ring (bicyclic) bond motifs is 3. The van der Waals surface area contributed by atoms with Crippen LogP contribution in [0.3, 0.4) is 0 Å². The van der Waals surface area contributed by atoms with Crippen LogP contribution in [0.1, 0.15) is 12.5 Å². The number of aliphatic hydroxyl groups is 2. The summed E-state index contributed by atoms with van der Waals surface area (Å²) >= 11 is 0. The Balaban J connectivity index is 1.84. The number of ether oxygens (including phenoxy) is 1. The van der Waals surface area contributed by atoms with Crippen molar-refractivity contribution in [2.24, 2.45) is 5.41 Å². The number of nitrogens with one attached hydrogen (secondary N) is 1. The van der Waals surface area contributed by atoms with Crippen LogP contribution in [0.2, 0.25) is 0 Å². The van der Waals surface area contributed by atoms with Crippen molar-refractivity contribution in [3.05, 3.63) is 16.7 Å². The summed E-state index contributed by atoms with van der Waals surface area (Å²) in [6, 6.07) is -0.236. The van der Waals surface area contributed by atoms with E-state index in [-0.39, 0.29) is 24.1 Å². The van der Waals surface area contributed by atoms with Crippen LogP contribution in [-0.4, -0.2) is 55.2 Å². The zero-order chi connectivity index (χ0) is 14.8. The number of imidazole rings is 1. The Morgan fingerprint density at radius 1 is 1.62 bits per heavy atom. The fourth-order valence-electron chi connectivity index (χ4n) is 3.47. The SMILES string of the molecule is Nc1nc2c(ncn2[C@@H]2C[C@@]3(CO)COC2[C@H]3O)c(=O)[nH]1. The lowest BCUT2D eigenvalue weighted by Gasteiger charge is -2.28. The molecule has 1 saturated carbocycles. The maximum atomic E-state index is 11.8. The summed E-state index contributed by atoms with van der Waals surface area (Å²) in [6.07, 6.45) is 0.842. The molecule has 1 saturated heterocycles. The van der Waals surface area contributed by atoms with E-state index in [4.69, 9.17) is 10.5 Å². The van der Waals surface area contributed by atoms with Crippen LogP contribution >= 0.6 is 0 Å². The highest BCUT2D eigenvalue weighted by Crippen LogP contribution is 2.51. The van der Waals surface area contributed by atoms with Crippen LogP contribution in [-0.2, 0) is 4.74 Å². The molecule has 2 aromatic rings. The fraction of sp³-hybridized carbons (Fsp3) is 0.583. The quantitative estimate of drug-likeness (QED) is 0.522. The van der Waals surface area contributed by atoms with Crippen LogP contribution in [0.25, 0.3) is 11.2 Å². The van der Waals surface area contributed by atoms with Crippen LogP contribution in [0.4, 0.5) is 5.95 Å². The lowest BCUT2D eigenvalue weighted by Crippen LogP contribution is -2.34. The van der Waals surface area contributed by atoms with Gasteiger partial charge in [0.1, 0.15) is 6.10 Å². The monoisotopic (exact) mass is 293 g/mol. The molecular weight excluding hydrogens is 278 g/mol. The topological polar surface area (TPSA) is 139 Å². The van der Waals surface area contributed by atoms with Crippen molar-refractivity contribution in [1.82, 2.24) is 19.5 Å². The molecule has 0 amide bonds. The summed E-state index contributed by atoms with van der Waals surface area (Å²) < 4.78 is 7.30. The summed E-state index contributed by atoms with van der Waals surface area (Å²) in [5, 5.41) is 19.9. The van der Waals surface area contributed by atoms with E-state index < -0.39 is 23.2 Å². The lowest BCUT2D eigenvalue weighted by atomic mass is 9.87. The highest BCUT2D eigenvalue weighted by molar-refractivity contribution is 5.70. The second-order valence-corrected chi connectivity index (χ2v) is 5.79. The predicted octanol–water partition coefficient (Wildman–Crippen LogP) is -1.61. The van der Waals surface area contributed by atoms with Crippen molar-refractivity contribution in [3.8, 4) is 0 Å². The van der Waals surface area contributed by atoms with Gasteiger partial charge in [-0.3, -0.25) is 9.78 Å². The minimum atomic E-state index is -0.746. The van der Waals surface area contributed by atoms with Crippen molar-refractivity contribution in [3.63, 3.8) is 0 Å². The van der Waals surface area contributed by atoms with Crippen molar-refractivity contribution >= 4 is 17.1 Å². The van der Waals surface area contributed by atoms with Gasteiger partial charge in [0.15, 0.2) is 11.2 Å². The van der Waals surface area contributed by atoms with E-state index in [0.717, 1.165) is 0 Å². The Morgan fingerprint density at radius 3 is 3.14 bits per heavy atom. The van der Waals surface area contributed by atoms with Gasteiger partial charge in [-0.25, -0.2) is 4.98 Å². The number of nitrogens with two attached hydrogens (primary N) is 1. The van der Waals surface area contributed by atoms with Crippen LogP contribution in [0, 0.1) is 5.41 Å². The third-order valence-electron chi connectivity index (χ3n) is 4.62. The Kier molecular flexibility index (Phi) is 2.44. The maximum absolute atomic E-state index is 11.8. The number of aliphatic hydroxyl groups excluding tert-OH is 2. The van der Waals surface area contributed by atoms with E-state index in [9.17, 15) is 15.0 Å². The molecular formula is C12H15N5O4. The normalized spacial score (nSPS) is 34.9. The van der Waals surface area contributed by atoms with Gasteiger partial charge in [-0.15, -0.1) is 0 Å². The Morgan fingerprint density at radius 2 is 2.43 bits per heavy atom. The third-order valence-corrected chi connectivity index (χ3v) is 4.62. The number of hydrogen-bond donors (Lipinski definition) is 4. The van der Waals surface area contributed by atoms with Crippen LogP contribution < -0.4 is 11.3 Å². The van der Waals surface area contributed by atoms with Gasteiger partial charge in [-0.1, -0.05) is 0 Å². The number of nitrogens with zero attached hydrogens (tertiary/aromatic N) is 3. The predicted molar refractivity (Wildman–Crippen MR) is 71.5 cm³/mol. The zero-order valence-corrected chi connectivity index (χ0v) is 11.1. The molecule has 4 rings (SSSR count). The first kappa shape index (κ1) is 12.7. The molecule has 9 heteroatoms. The molecule has 112 valence electrons. The fourth-order valence-corrected chi connectivity index (χ4v) is 3.47. The first-order valence-electron chi connectivity index (χ1n) is 6.68. The average molecular weight is 293 g/mol. The van der Waals surface area contributed by atoms with E-state index in [1.165, 1.54) is 6.33 Å². The molecule has 5 N–H and O–H groups in total. The van der Waals surface area contributed by atoms with Crippen LogP contribution in [0.15, 0.2) is 11.1 Å². The van der Waals surface area contributed by atoms with Crippen molar-refractivity contribution in [1.29, 1.82) is 0 Å². The Bertz CT molecular complexity index is 771. The largest absolute Gasteiger partial charge is 0.396 e. The van der Waals surface area contributed by atoms with E-state index in [1.54, 1.807) is 4.57 Å². The standard InChI is InChI=1S/C12H15N5O4/c13-11-15-9-6(10(20)16-11)14-4-17(9)5-1-12(2-18)3-21-7(5)8(12)19/h4-5,7-8,18-19H,1-3H2,(H3,13,15,16,20)/t5-,7?,8-,12-/m1/s1. The van der Waals surface area contributed by atoms with Gasteiger partial charge in [-0.2, -0.15) is 4.98 Å². The number of rotatable bonds is 2. The molecule has 21 heavy (non-hydrogen) atoms. The number of aromatic nitrogens is 4. The van der Waals surface area contributed by atoms with Crippen LogP contribution in [0.5, 0.6) is 0 Å². The number of aromatic amines is 1. The summed E-state index contributed by atoms with van der Waals surface area (Å²) in [5.74, 6) is 0.00995. The van der Waals surface area contributed by atoms with Gasteiger partial charge in [-0.05, 0) is 6.42 Å². The molecule has 2 aromatic heterocycles. The molecule has 1 unspecified atom stereocenters. The Hall–Kier alpha value is -1.97. The van der Waals surface area contributed by atoms with Crippen molar-refractivity contribution in [2.45, 2.75) is 24.7 Å². The Labute approximate surface area is 118 Å². The lowest BCUT2D eigenvalue weighted by molar-refractivity contribution is -0.00163. The summed E-state index contributed by atoms with van der Waals surface area (Å²) in [7, 11) is 0. The highest BCUT2D eigenvalue weighted by atomic mass is 16.5. The van der Waals surface area contributed by atoms with Gasteiger partial charge in [0.25, 0.3) is 5.56 Å². The maximum Gasteiger partial charge on any atom is 0.280 e. The molecule has 0 radical (unpaired) electrons. The molecule has 4 atom stereocenters. The number of anilines is 1. The molecule has 1 aliphatic heterocycles. The van der Waals surface area contributed by atoms with Gasteiger partial charge in [0.2, 0.25) is 5.95 Å². The molecule has 1 aliphatic carbocycles. The minimum absolute atomic E-state index is 0.00995. The van der Waals surface area contributed by atoms with Crippen molar-refractivity contribution in [2.75, 3.05) is 18.9 Å². The highest BCUT2D eigenvalue weighted by Gasteiger charge is 2.59. The molecule has 3 heterocycles. The minimum Gasteiger partial charge on any atom is -0.396 e. The average Bonchev–Trinajstić information content (AvgIpc) is 3.09.